The van der Waals surface area contributed by atoms with E-state index in [4.69, 9.17) is 4.74 Å². The molecule has 1 unspecified atom stereocenters. The number of hydrogen-bond acceptors (Lipinski definition) is 2. The Morgan fingerprint density at radius 1 is 1.43 bits per heavy atom. The van der Waals surface area contributed by atoms with Gasteiger partial charge in [-0.3, -0.25) is 4.79 Å². The molecule has 3 nitrogen and oxygen atoms in total. The Hall–Kier alpha value is -1.48. The van der Waals surface area contributed by atoms with E-state index < -0.39 is 0 Å². The highest BCUT2D eigenvalue weighted by Crippen LogP contribution is 2.12. The first-order valence-corrected chi connectivity index (χ1v) is 4.53. The summed E-state index contributed by atoms with van der Waals surface area (Å²) in [5, 5.41) is 0. The summed E-state index contributed by atoms with van der Waals surface area (Å²) in [6.45, 7) is 2.51. The monoisotopic (exact) mass is 189 g/mol. The van der Waals surface area contributed by atoms with Crippen LogP contribution in [0.4, 0.5) is 0 Å². The average Bonchev–Trinajstić information content (AvgIpc) is 3.02. The topological polar surface area (TPSA) is 42.0 Å². The molecular weight excluding hydrogens is 178 g/mol. The number of hydrogen-bond donors (Lipinski definition) is 0. The third kappa shape index (κ3) is 2.06. The van der Waals surface area contributed by atoms with E-state index in [0.29, 0.717) is 12.2 Å². The lowest BCUT2D eigenvalue weighted by Gasteiger charge is -1.95. The number of epoxide rings is 1. The van der Waals surface area contributed by atoms with Gasteiger partial charge in [-0.15, -0.1) is 0 Å². The maximum atomic E-state index is 11.5. The van der Waals surface area contributed by atoms with E-state index in [2.05, 4.69) is 4.99 Å². The van der Waals surface area contributed by atoms with E-state index >= 15 is 0 Å². The Kier molecular flexibility index (Phi) is 2.41. The molecule has 0 spiro atoms. The number of carbonyl (C=O) groups excluding carboxylic acids is 1. The zero-order valence-corrected chi connectivity index (χ0v) is 7.93. The molecule has 0 radical (unpaired) electrons. The van der Waals surface area contributed by atoms with Crippen molar-refractivity contribution in [1.29, 1.82) is 0 Å². The van der Waals surface area contributed by atoms with Crippen molar-refractivity contribution >= 4 is 11.6 Å². The number of carbonyl (C=O) groups is 1. The van der Waals surface area contributed by atoms with Gasteiger partial charge in [0.1, 0.15) is 6.10 Å². The van der Waals surface area contributed by atoms with E-state index in [-0.39, 0.29) is 12.0 Å². The van der Waals surface area contributed by atoms with Crippen molar-refractivity contribution < 1.29 is 9.53 Å². The van der Waals surface area contributed by atoms with Gasteiger partial charge < -0.3 is 4.74 Å². The molecule has 1 heterocycles. The Morgan fingerprint density at radius 2 is 2.07 bits per heavy atom. The van der Waals surface area contributed by atoms with Gasteiger partial charge in [0.2, 0.25) is 0 Å². The van der Waals surface area contributed by atoms with Crippen LogP contribution in [0.5, 0.6) is 0 Å². The van der Waals surface area contributed by atoms with Gasteiger partial charge in [0.15, 0.2) is 0 Å². The fourth-order valence-corrected chi connectivity index (χ4v) is 1.17. The summed E-state index contributed by atoms with van der Waals surface area (Å²) in [5.74, 6) is -0.196. The fraction of sp³-hybridized carbons (Fsp3) is 0.273. The quantitative estimate of drug-likeness (QED) is 0.524. The number of nitrogens with zero attached hydrogens (tertiary/aromatic N) is 1. The number of rotatable bonds is 2. The van der Waals surface area contributed by atoms with Crippen LogP contribution < -0.4 is 0 Å². The lowest BCUT2D eigenvalue weighted by atomic mass is 10.2. The Labute approximate surface area is 82.4 Å². The van der Waals surface area contributed by atoms with Crippen molar-refractivity contribution in [3.63, 3.8) is 0 Å². The van der Waals surface area contributed by atoms with E-state index in [1.165, 1.54) is 0 Å². The normalized spacial score (nSPS) is 20.6. The number of amides is 1. The van der Waals surface area contributed by atoms with Gasteiger partial charge in [-0.05, 0) is 19.1 Å². The molecule has 1 saturated heterocycles. The van der Waals surface area contributed by atoms with Crippen molar-refractivity contribution in [2.75, 3.05) is 6.61 Å². The van der Waals surface area contributed by atoms with Crippen LogP contribution in [-0.2, 0) is 4.74 Å². The van der Waals surface area contributed by atoms with Crippen molar-refractivity contribution in [1.82, 2.24) is 0 Å². The second kappa shape index (κ2) is 3.72. The zero-order valence-electron chi connectivity index (χ0n) is 7.93. The third-order valence-electron chi connectivity index (χ3n) is 2.10. The van der Waals surface area contributed by atoms with Gasteiger partial charge in [0, 0.05) is 5.56 Å². The molecule has 14 heavy (non-hydrogen) atoms. The molecule has 0 saturated carbocycles. The molecule has 72 valence electrons. The molecule has 0 aromatic heterocycles. The van der Waals surface area contributed by atoms with Crippen LogP contribution in [0.15, 0.2) is 35.3 Å². The van der Waals surface area contributed by atoms with Gasteiger partial charge >= 0.3 is 0 Å². The van der Waals surface area contributed by atoms with Gasteiger partial charge in [-0.25, -0.2) is 4.99 Å². The number of benzene rings is 1. The first-order valence-electron chi connectivity index (χ1n) is 4.53. The Morgan fingerprint density at radius 3 is 2.64 bits per heavy atom. The van der Waals surface area contributed by atoms with Crippen LogP contribution in [0.1, 0.15) is 17.3 Å². The summed E-state index contributed by atoms with van der Waals surface area (Å²) in [6, 6.07) is 9.04. The molecule has 1 aliphatic heterocycles. The SMILES string of the molecule is CC(=NC(=O)c1ccccc1)C1CO1. The van der Waals surface area contributed by atoms with Crippen LogP contribution in [-0.4, -0.2) is 24.3 Å². The van der Waals surface area contributed by atoms with Crippen LogP contribution in [0.3, 0.4) is 0 Å². The van der Waals surface area contributed by atoms with Crippen molar-refractivity contribution in [3.8, 4) is 0 Å². The minimum atomic E-state index is -0.196. The molecule has 2 rings (SSSR count). The van der Waals surface area contributed by atoms with Gasteiger partial charge in [0.05, 0.1) is 12.3 Å². The summed E-state index contributed by atoms with van der Waals surface area (Å²) in [4.78, 5) is 15.5. The van der Waals surface area contributed by atoms with Gasteiger partial charge in [-0.2, -0.15) is 0 Å². The third-order valence-corrected chi connectivity index (χ3v) is 2.10. The van der Waals surface area contributed by atoms with Crippen LogP contribution in [0.2, 0.25) is 0 Å². The fourth-order valence-electron chi connectivity index (χ4n) is 1.17. The minimum Gasteiger partial charge on any atom is -0.367 e. The molecule has 1 atom stereocenters. The molecule has 1 amide bonds. The Bertz CT molecular complexity index is 366. The molecule has 1 aromatic carbocycles. The molecule has 1 aliphatic rings. The predicted octanol–water partition coefficient (Wildman–Crippen LogP) is 1.69. The van der Waals surface area contributed by atoms with Gasteiger partial charge in [0.25, 0.3) is 5.91 Å². The highest BCUT2D eigenvalue weighted by molar-refractivity contribution is 6.05. The highest BCUT2D eigenvalue weighted by Gasteiger charge is 2.26. The molecule has 1 fully saturated rings. The van der Waals surface area contributed by atoms with Crippen LogP contribution in [0.25, 0.3) is 0 Å². The second-order valence-corrected chi connectivity index (χ2v) is 3.25. The summed E-state index contributed by atoms with van der Waals surface area (Å²) >= 11 is 0. The molecule has 3 heteroatoms. The van der Waals surface area contributed by atoms with Crippen molar-refractivity contribution in [3.05, 3.63) is 35.9 Å². The lowest BCUT2D eigenvalue weighted by molar-refractivity contribution is 0.100. The molecular formula is C11H11NO2. The van der Waals surface area contributed by atoms with E-state index in [1.54, 1.807) is 12.1 Å². The molecule has 0 bridgehead atoms. The Balaban J connectivity index is 2.12. The summed E-state index contributed by atoms with van der Waals surface area (Å²) < 4.78 is 5.02. The average molecular weight is 189 g/mol. The summed E-state index contributed by atoms with van der Waals surface area (Å²) in [6.07, 6.45) is 0.0719. The molecule has 0 aliphatic carbocycles. The second-order valence-electron chi connectivity index (χ2n) is 3.25. The van der Waals surface area contributed by atoms with Crippen LogP contribution >= 0.6 is 0 Å². The number of ether oxygens (including phenoxy) is 1. The largest absolute Gasteiger partial charge is 0.367 e. The molecule has 0 N–H and O–H groups in total. The maximum Gasteiger partial charge on any atom is 0.276 e. The van der Waals surface area contributed by atoms with Crippen LogP contribution in [0, 0.1) is 0 Å². The summed E-state index contributed by atoms with van der Waals surface area (Å²) in [7, 11) is 0. The highest BCUT2D eigenvalue weighted by atomic mass is 16.6. The summed E-state index contributed by atoms with van der Waals surface area (Å²) in [5.41, 5.74) is 1.38. The molecule has 1 aromatic rings. The minimum absolute atomic E-state index is 0.0719. The van der Waals surface area contributed by atoms with E-state index in [1.807, 2.05) is 25.1 Å². The maximum absolute atomic E-state index is 11.5. The lowest BCUT2D eigenvalue weighted by Crippen LogP contribution is -2.06. The van der Waals surface area contributed by atoms with Gasteiger partial charge in [-0.1, -0.05) is 18.2 Å². The van der Waals surface area contributed by atoms with Crippen molar-refractivity contribution in [2.45, 2.75) is 13.0 Å². The van der Waals surface area contributed by atoms with E-state index in [0.717, 1.165) is 5.71 Å². The smallest absolute Gasteiger partial charge is 0.276 e. The zero-order chi connectivity index (χ0) is 9.97. The van der Waals surface area contributed by atoms with E-state index in [9.17, 15) is 4.79 Å². The van der Waals surface area contributed by atoms with Crippen molar-refractivity contribution in [2.24, 2.45) is 4.99 Å². The predicted molar refractivity (Wildman–Crippen MR) is 53.6 cm³/mol. The first kappa shape index (κ1) is 9.09. The number of aliphatic imine (C=N–C) groups is 1. The first-order chi connectivity index (χ1) is 6.77. The standard InChI is InChI=1S/C11H11NO2/c1-8(10-7-14-10)12-11(13)9-5-3-2-4-6-9/h2-6,10H,7H2,1H3.